The van der Waals surface area contributed by atoms with Crippen molar-refractivity contribution in [2.45, 2.75) is 12.2 Å². The minimum absolute atomic E-state index is 0. The second kappa shape index (κ2) is 10.7. The Balaban J connectivity index is 0.00000280. The first-order chi connectivity index (χ1) is 13.1. The molecule has 2 unspecified atom stereocenters. The van der Waals surface area contributed by atoms with Gasteiger partial charge in [0.1, 0.15) is 11.9 Å². The molecule has 2 atom stereocenters. The zero-order chi connectivity index (χ0) is 19.2. The summed E-state index contributed by atoms with van der Waals surface area (Å²) in [5.41, 5.74) is 1.97. The van der Waals surface area contributed by atoms with Crippen molar-refractivity contribution in [2.24, 2.45) is 12.0 Å². The Morgan fingerprint density at radius 2 is 2.18 bits per heavy atom. The first kappa shape index (κ1) is 22.6. The number of benzene rings is 1. The predicted molar refractivity (Wildman–Crippen MR) is 116 cm³/mol. The number of nitrogens with zero attached hydrogens (tertiary/aromatic N) is 4. The van der Waals surface area contributed by atoms with E-state index in [-0.39, 0.29) is 42.0 Å². The van der Waals surface area contributed by atoms with E-state index in [1.807, 2.05) is 19.4 Å². The fourth-order valence-corrected chi connectivity index (χ4v) is 3.18. The molecule has 1 aromatic heterocycles. The van der Waals surface area contributed by atoms with Crippen LogP contribution in [0.25, 0.3) is 0 Å². The van der Waals surface area contributed by atoms with Crippen LogP contribution in [0.1, 0.15) is 23.3 Å². The van der Waals surface area contributed by atoms with Crippen LogP contribution in [0.3, 0.4) is 0 Å². The number of morpholine rings is 1. The van der Waals surface area contributed by atoms with Gasteiger partial charge in [-0.15, -0.1) is 24.0 Å². The number of guanidine groups is 1. The summed E-state index contributed by atoms with van der Waals surface area (Å²) in [4.78, 5) is 6.56. The maximum Gasteiger partial charge on any atom is 0.193 e. The highest BCUT2D eigenvalue weighted by Gasteiger charge is 2.25. The first-order valence-corrected chi connectivity index (χ1v) is 8.94. The number of halogens is 2. The van der Waals surface area contributed by atoms with E-state index in [4.69, 9.17) is 9.47 Å². The molecule has 0 bridgehead atoms. The molecule has 2 heterocycles. The summed E-state index contributed by atoms with van der Waals surface area (Å²) in [6, 6.07) is 6.36. The van der Waals surface area contributed by atoms with Gasteiger partial charge in [-0.2, -0.15) is 5.10 Å². The minimum atomic E-state index is -0.257. The molecule has 7 nitrogen and oxygen atoms in total. The molecule has 1 aliphatic rings. The standard InChI is InChI=1S/C19H26FN5O2.HI/c1-21-19(22-11-17(26-3)14-4-6-16(20)7-5-14)25-8-9-27-18(13-25)15-10-23-24(2)12-15;/h4-7,10,12,17-18H,8-9,11,13H2,1-3H3,(H,21,22);1H. The van der Waals surface area contributed by atoms with Crippen LogP contribution in [0, 0.1) is 5.82 Å². The van der Waals surface area contributed by atoms with Gasteiger partial charge in [0.2, 0.25) is 0 Å². The molecule has 1 N–H and O–H groups in total. The highest BCUT2D eigenvalue weighted by atomic mass is 127. The summed E-state index contributed by atoms with van der Waals surface area (Å²) in [5.74, 6) is 0.531. The van der Waals surface area contributed by atoms with E-state index in [0.717, 1.165) is 23.6 Å². The lowest BCUT2D eigenvalue weighted by atomic mass is 10.1. The highest BCUT2D eigenvalue weighted by Crippen LogP contribution is 2.22. The molecular formula is C19H27FIN5O2. The first-order valence-electron chi connectivity index (χ1n) is 8.94. The Hall–Kier alpha value is -1.72. The molecule has 1 fully saturated rings. The van der Waals surface area contributed by atoms with Gasteiger partial charge in [0, 0.05) is 46.1 Å². The number of nitrogens with one attached hydrogen (secondary N) is 1. The van der Waals surface area contributed by atoms with Gasteiger partial charge in [-0.05, 0) is 17.7 Å². The lowest BCUT2D eigenvalue weighted by molar-refractivity contribution is -0.00833. The van der Waals surface area contributed by atoms with E-state index < -0.39 is 0 Å². The lowest BCUT2D eigenvalue weighted by Gasteiger charge is -2.35. The molecule has 9 heteroatoms. The van der Waals surface area contributed by atoms with Crippen molar-refractivity contribution < 1.29 is 13.9 Å². The lowest BCUT2D eigenvalue weighted by Crippen LogP contribution is -2.49. The van der Waals surface area contributed by atoms with Crippen LogP contribution in [0.2, 0.25) is 0 Å². The number of aryl methyl sites for hydroxylation is 1. The van der Waals surface area contributed by atoms with Gasteiger partial charge < -0.3 is 19.7 Å². The van der Waals surface area contributed by atoms with Crippen LogP contribution >= 0.6 is 24.0 Å². The predicted octanol–water partition coefficient (Wildman–Crippen LogP) is 2.51. The Morgan fingerprint density at radius 3 is 2.79 bits per heavy atom. The molecule has 0 aliphatic carbocycles. The molecule has 0 saturated carbocycles. The Labute approximate surface area is 181 Å². The molecule has 28 heavy (non-hydrogen) atoms. The molecular weight excluding hydrogens is 476 g/mol. The summed E-state index contributed by atoms with van der Waals surface area (Å²) in [5, 5.41) is 7.58. The Kier molecular flexibility index (Phi) is 8.64. The van der Waals surface area contributed by atoms with Crippen molar-refractivity contribution >= 4 is 29.9 Å². The SMILES string of the molecule is CN=C(NCC(OC)c1ccc(F)cc1)N1CCOC(c2cnn(C)c2)C1.I. The van der Waals surface area contributed by atoms with E-state index in [9.17, 15) is 4.39 Å². The summed E-state index contributed by atoms with van der Waals surface area (Å²) in [6.45, 7) is 2.60. The Bertz CT molecular complexity index is 768. The molecule has 3 rings (SSSR count). The minimum Gasteiger partial charge on any atom is -0.375 e. The second-order valence-electron chi connectivity index (χ2n) is 6.46. The van der Waals surface area contributed by atoms with Crippen molar-refractivity contribution in [1.82, 2.24) is 20.0 Å². The third kappa shape index (κ3) is 5.65. The molecule has 1 aliphatic heterocycles. The van der Waals surface area contributed by atoms with E-state index in [0.29, 0.717) is 19.7 Å². The van der Waals surface area contributed by atoms with Crippen LogP contribution < -0.4 is 5.32 Å². The molecule has 1 saturated heterocycles. The number of aromatic nitrogens is 2. The highest BCUT2D eigenvalue weighted by molar-refractivity contribution is 14.0. The number of ether oxygens (including phenoxy) is 2. The van der Waals surface area contributed by atoms with E-state index in [1.54, 1.807) is 31.0 Å². The average molecular weight is 503 g/mol. The van der Waals surface area contributed by atoms with Gasteiger partial charge in [-0.1, -0.05) is 12.1 Å². The van der Waals surface area contributed by atoms with Gasteiger partial charge in [0.25, 0.3) is 0 Å². The quantitative estimate of drug-likeness (QED) is 0.386. The van der Waals surface area contributed by atoms with Gasteiger partial charge in [0.05, 0.1) is 25.5 Å². The van der Waals surface area contributed by atoms with Crippen LogP contribution in [0.15, 0.2) is 41.7 Å². The number of rotatable bonds is 5. The van der Waals surface area contributed by atoms with Crippen LogP contribution in [-0.4, -0.2) is 61.0 Å². The van der Waals surface area contributed by atoms with Gasteiger partial charge >= 0.3 is 0 Å². The number of aliphatic imine (C=N–C) groups is 1. The smallest absolute Gasteiger partial charge is 0.193 e. The van der Waals surface area contributed by atoms with Crippen molar-refractivity contribution in [2.75, 3.05) is 40.4 Å². The van der Waals surface area contributed by atoms with E-state index in [2.05, 4.69) is 20.3 Å². The fourth-order valence-electron chi connectivity index (χ4n) is 3.18. The zero-order valence-electron chi connectivity index (χ0n) is 16.3. The third-order valence-corrected chi connectivity index (χ3v) is 4.65. The van der Waals surface area contributed by atoms with Crippen LogP contribution in [0.5, 0.6) is 0 Å². The summed E-state index contributed by atoms with van der Waals surface area (Å²) in [7, 11) is 5.30. The van der Waals surface area contributed by atoms with Crippen molar-refractivity contribution in [3.05, 3.63) is 53.6 Å². The largest absolute Gasteiger partial charge is 0.375 e. The van der Waals surface area contributed by atoms with Crippen molar-refractivity contribution in [3.63, 3.8) is 0 Å². The van der Waals surface area contributed by atoms with E-state index >= 15 is 0 Å². The monoisotopic (exact) mass is 503 g/mol. The van der Waals surface area contributed by atoms with Gasteiger partial charge in [0.15, 0.2) is 5.96 Å². The molecule has 0 spiro atoms. The van der Waals surface area contributed by atoms with Crippen molar-refractivity contribution in [1.29, 1.82) is 0 Å². The summed E-state index contributed by atoms with van der Waals surface area (Å²) >= 11 is 0. The summed E-state index contributed by atoms with van der Waals surface area (Å²) in [6.07, 6.45) is 3.57. The molecule has 2 aromatic rings. The fraction of sp³-hybridized carbons (Fsp3) is 0.474. The number of methoxy groups -OCH3 is 1. The van der Waals surface area contributed by atoms with Gasteiger partial charge in [-0.3, -0.25) is 9.67 Å². The average Bonchev–Trinajstić information content (AvgIpc) is 3.13. The third-order valence-electron chi connectivity index (χ3n) is 4.65. The van der Waals surface area contributed by atoms with Crippen LogP contribution in [0.4, 0.5) is 4.39 Å². The van der Waals surface area contributed by atoms with Crippen molar-refractivity contribution in [3.8, 4) is 0 Å². The number of hydrogen-bond donors (Lipinski definition) is 1. The van der Waals surface area contributed by atoms with Crippen LogP contribution in [-0.2, 0) is 16.5 Å². The molecule has 154 valence electrons. The zero-order valence-corrected chi connectivity index (χ0v) is 18.7. The maximum absolute atomic E-state index is 13.1. The Morgan fingerprint density at radius 1 is 1.43 bits per heavy atom. The normalized spacial score (nSPS) is 18.5. The number of hydrogen-bond acceptors (Lipinski definition) is 4. The second-order valence-corrected chi connectivity index (χ2v) is 6.46. The molecule has 0 amide bonds. The summed E-state index contributed by atoms with van der Waals surface area (Å²) < 4.78 is 26.4. The molecule has 1 aromatic carbocycles. The van der Waals surface area contributed by atoms with E-state index in [1.165, 1.54) is 12.1 Å². The maximum atomic E-state index is 13.1. The molecule has 0 radical (unpaired) electrons. The topological polar surface area (TPSA) is 63.9 Å². The van der Waals surface area contributed by atoms with Gasteiger partial charge in [-0.25, -0.2) is 4.39 Å².